The van der Waals surface area contributed by atoms with Gasteiger partial charge in [0.05, 0.1) is 12.0 Å². The van der Waals surface area contributed by atoms with E-state index in [1.807, 2.05) is 24.3 Å². The molecule has 0 aliphatic heterocycles. The molecule has 1 unspecified atom stereocenters. The van der Waals surface area contributed by atoms with Gasteiger partial charge in [0.15, 0.2) is 0 Å². The Morgan fingerprint density at radius 1 is 1.00 bits per heavy atom. The largest absolute Gasteiger partial charge is 0.497 e. The molecule has 0 heterocycles. The Hall–Kier alpha value is -0.690. The lowest BCUT2D eigenvalue weighted by Crippen LogP contribution is -2.31. The van der Waals surface area contributed by atoms with Gasteiger partial charge in [-0.1, -0.05) is 32.9 Å². The van der Waals surface area contributed by atoms with E-state index in [0.717, 1.165) is 11.3 Å². The van der Waals surface area contributed by atoms with E-state index in [2.05, 4.69) is 27.7 Å². The molecule has 0 saturated heterocycles. The van der Waals surface area contributed by atoms with Gasteiger partial charge in [0.1, 0.15) is 5.75 Å². The van der Waals surface area contributed by atoms with Crippen molar-refractivity contribution in [3.05, 3.63) is 29.8 Å². The van der Waals surface area contributed by atoms with Crippen molar-refractivity contribution in [2.75, 3.05) is 7.11 Å². The van der Waals surface area contributed by atoms with Gasteiger partial charge in [-0.05, 0) is 30.0 Å². The number of rotatable bonds is 2. The first-order valence-corrected chi connectivity index (χ1v) is 5.50. The maximum absolute atomic E-state index is 6.59. The summed E-state index contributed by atoms with van der Waals surface area (Å²) in [6.07, 6.45) is 0. The summed E-state index contributed by atoms with van der Waals surface area (Å²) in [5, 5.41) is 0. The SMILES string of the molecule is COc1ccc(C(C)(Cl)C(C)(C)C)cc1. The minimum Gasteiger partial charge on any atom is -0.497 e. The Morgan fingerprint density at radius 2 is 1.47 bits per heavy atom. The van der Waals surface area contributed by atoms with Crippen LogP contribution in [0.2, 0.25) is 0 Å². The average molecular weight is 227 g/mol. The maximum Gasteiger partial charge on any atom is 0.118 e. The zero-order valence-corrected chi connectivity index (χ0v) is 10.9. The van der Waals surface area contributed by atoms with E-state index >= 15 is 0 Å². The predicted octanol–water partition coefficient (Wildman–Crippen LogP) is 4.20. The number of benzene rings is 1. The van der Waals surface area contributed by atoms with E-state index in [9.17, 15) is 0 Å². The van der Waals surface area contributed by atoms with E-state index in [1.165, 1.54) is 0 Å². The van der Waals surface area contributed by atoms with Crippen molar-refractivity contribution < 1.29 is 4.74 Å². The second-order valence-corrected chi connectivity index (χ2v) is 5.74. The van der Waals surface area contributed by atoms with Gasteiger partial charge < -0.3 is 4.74 Å². The van der Waals surface area contributed by atoms with Crippen LogP contribution in [-0.4, -0.2) is 7.11 Å². The summed E-state index contributed by atoms with van der Waals surface area (Å²) in [6.45, 7) is 8.48. The third-order valence-electron chi connectivity index (χ3n) is 3.04. The highest BCUT2D eigenvalue weighted by molar-refractivity contribution is 6.24. The molecule has 0 N–H and O–H groups in total. The Bertz CT molecular complexity index is 319. The Balaban J connectivity index is 3.06. The summed E-state index contributed by atoms with van der Waals surface area (Å²) in [7, 11) is 1.67. The lowest BCUT2D eigenvalue weighted by atomic mass is 9.77. The van der Waals surface area contributed by atoms with Crippen molar-refractivity contribution in [1.82, 2.24) is 0 Å². The maximum atomic E-state index is 6.59. The first-order chi connectivity index (χ1) is 6.79. The second-order valence-electron chi connectivity index (χ2n) is 4.98. The molecule has 0 aliphatic rings. The summed E-state index contributed by atoms with van der Waals surface area (Å²) in [6, 6.07) is 7.94. The van der Waals surface area contributed by atoms with Crippen LogP contribution in [0.4, 0.5) is 0 Å². The van der Waals surface area contributed by atoms with Gasteiger partial charge in [-0.2, -0.15) is 0 Å². The quantitative estimate of drug-likeness (QED) is 0.687. The molecule has 15 heavy (non-hydrogen) atoms. The molecule has 1 aromatic carbocycles. The fourth-order valence-corrected chi connectivity index (χ4v) is 1.46. The minimum absolute atomic E-state index is 0.0170. The molecule has 0 aromatic heterocycles. The lowest BCUT2D eigenvalue weighted by Gasteiger charge is -2.36. The number of halogens is 1. The van der Waals surface area contributed by atoms with Crippen molar-refractivity contribution in [2.45, 2.75) is 32.6 Å². The number of ether oxygens (including phenoxy) is 1. The molecule has 0 bridgehead atoms. The first-order valence-electron chi connectivity index (χ1n) is 5.12. The average Bonchev–Trinajstić information content (AvgIpc) is 2.16. The van der Waals surface area contributed by atoms with Crippen molar-refractivity contribution in [3.8, 4) is 5.75 Å². The summed E-state index contributed by atoms with van der Waals surface area (Å²) in [5.41, 5.74) is 1.14. The molecule has 0 aliphatic carbocycles. The van der Waals surface area contributed by atoms with Gasteiger partial charge in [-0.25, -0.2) is 0 Å². The van der Waals surface area contributed by atoms with Crippen LogP contribution < -0.4 is 4.74 Å². The number of alkyl halides is 1. The third-order valence-corrected chi connectivity index (χ3v) is 3.83. The Labute approximate surface area is 97.4 Å². The highest BCUT2D eigenvalue weighted by Crippen LogP contribution is 2.44. The molecule has 1 atom stereocenters. The van der Waals surface area contributed by atoms with Crippen molar-refractivity contribution >= 4 is 11.6 Å². The van der Waals surface area contributed by atoms with Gasteiger partial charge >= 0.3 is 0 Å². The zero-order chi connectivity index (χ0) is 11.7. The summed E-state index contributed by atoms with van der Waals surface area (Å²) in [5.74, 6) is 0.861. The molecule has 84 valence electrons. The normalized spacial score (nSPS) is 15.9. The standard InChI is InChI=1S/C13H19ClO/c1-12(2,3)13(4,14)10-6-8-11(15-5)9-7-10/h6-9H,1-5H3. The minimum atomic E-state index is -0.362. The van der Waals surface area contributed by atoms with E-state index < -0.39 is 0 Å². The van der Waals surface area contributed by atoms with Gasteiger partial charge in [-0.15, -0.1) is 11.6 Å². The summed E-state index contributed by atoms with van der Waals surface area (Å²) < 4.78 is 5.12. The fraction of sp³-hybridized carbons (Fsp3) is 0.538. The van der Waals surface area contributed by atoms with Crippen LogP contribution in [0, 0.1) is 5.41 Å². The second kappa shape index (κ2) is 4.05. The molecular formula is C13H19ClO. The smallest absolute Gasteiger partial charge is 0.118 e. The molecule has 0 saturated carbocycles. The highest BCUT2D eigenvalue weighted by Gasteiger charge is 2.36. The zero-order valence-electron chi connectivity index (χ0n) is 10.1. The first kappa shape index (κ1) is 12.4. The topological polar surface area (TPSA) is 9.23 Å². The Morgan fingerprint density at radius 3 is 1.80 bits per heavy atom. The summed E-state index contributed by atoms with van der Waals surface area (Å²) >= 11 is 6.59. The molecule has 1 nitrogen and oxygen atoms in total. The predicted molar refractivity (Wildman–Crippen MR) is 65.7 cm³/mol. The monoisotopic (exact) mass is 226 g/mol. The van der Waals surface area contributed by atoms with Crippen molar-refractivity contribution in [3.63, 3.8) is 0 Å². The van der Waals surface area contributed by atoms with E-state index in [1.54, 1.807) is 7.11 Å². The van der Waals surface area contributed by atoms with E-state index in [-0.39, 0.29) is 10.3 Å². The van der Waals surface area contributed by atoms with Crippen LogP contribution in [0.5, 0.6) is 5.75 Å². The van der Waals surface area contributed by atoms with Crippen molar-refractivity contribution in [1.29, 1.82) is 0 Å². The lowest BCUT2D eigenvalue weighted by molar-refractivity contribution is 0.296. The Kier molecular flexibility index (Phi) is 3.34. The molecular weight excluding hydrogens is 208 g/mol. The molecule has 0 amide bonds. The van der Waals surface area contributed by atoms with Crippen LogP contribution in [0.25, 0.3) is 0 Å². The molecule has 2 heteroatoms. The number of methoxy groups -OCH3 is 1. The van der Waals surface area contributed by atoms with Crippen LogP contribution in [0.15, 0.2) is 24.3 Å². The van der Waals surface area contributed by atoms with Crippen LogP contribution >= 0.6 is 11.6 Å². The van der Waals surface area contributed by atoms with Crippen LogP contribution in [-0.2, 0) is 4.87 Å². The van der Waals surface area contributed by atoms with Gasteiger partial charge in [0.2, 0.25) is 0 Å². The van der Waals surface area contributed by atoms with Crippen LogP contribution in [0.1, 0.15) is 33.3 Å². The van der Waals surface area contributed by atoms with Crippen molar-refractivity contribution in [2.24, 2.45) is 5.41 Å². The third kappa shape index (κ3) is 2.46. The molecule has 0 fully saturated rings. The number of hydrogen-bond donors (Lipinski definition) is 0. The van der Waals surface area contributed by atoms with E-state index in [0.29, 0.717) is 0 Å². The summed E-state index contributed by atoms with van der Waals surface area (Å²) in [4.78, 5) is -0.362. The number of hydrogen-bond acceptors (Lipinski definition) is 1. The van der Waals surface area contributed by atoms with Gasteiger partial charge in [-0.3, -0.25) is 0 Å². The van der Waals surface area contributed by atoms with E-state index in [4.69, 9.17) is 16.3 Å². The highest BCUT2D eigenvalue weighted by atomic mass is 35.5. The van der Waals surface area contributed by atoms with Crippen LogP contribution in [0.3, 0.4) is 0 Å². The molecule has 1 rings (SSSR count). The van der Waals surface area contributed by atoms with Gasteiger partial charge in [0.25, 0.3) is 0 Å². The molecule has 0 spiro atoms. The molecule has 1 aromatic rings. The fourth-order valence-electron chi connectivity index (χ4n) is 1.34. The van der Waals surface area contributed by atoms with Gasteiger partial charge in [0, 0.05) is 0 Å². The molecule has 0 radical (unpaired) electrons.